The van der Waals surface area contributed by atoms with Crippen molar-refractivity contribution in [1.82, 2.24) is 14.3 Å². The summed E-state index contributed by atoms with van der Waals surface area (Å²) in [6.45, 7) is -0.0929. The summed E-state index contributed by atoms with van der Waals surface area (Å²) in [4.78, 5) is 19.6. The largest absolute Gasteiger partial charge is 0.476 e. The van der Waals surface area contributed by atoms with Gasteiger partial charge < -0.3 is 10.1 Å². The van der Waals surface area contributed by atoms with Crippen molar-refractivity contribution >= 4 is 39.2 Å². The van der Waals surface area contributed by atoms with Crippen LogP contribution in [0.5, 0.6) is 0 Å². The third-order valence-electron chi connectivity index (χ3n) is 7.20. The maximum atomic E-state index is 13.9. The minimum atomic E-state index is -4.00. The van der Waals surface area contributed by atoms with E-state index in [9.17, 15) is 18.3 Å². The Hall–Kier alpha value is -3.17. The fraction of sp³-hybridized carbons (Fsp3) is 0.267. The first-order valence-corrected chi connectivity index (χ1v) is 15.3. The van der Waals surface area contributed by atoms with Crippen LogP contribution >= 0.6 is 23.2 Å². The second kappa shape index (κ2) is 12.1. The Bertz CT molecular complexity index is 1580. The Morgan fingerprint density at radius 2 is 1.55 bits per heavy atom. The minimum Gasteiger partial charge on any atom is -0.476 e. The van der Waals surface area contributed by atoms with Crippen molar-refractivity contribution in [2.75, 3.05) is 0 Å². The van der Waals surface area contributed by atoms with Crippen molar-refractivity contribution in [2.24, 2.45) is 0 Å². The highest BCUT2D eigenvalue weighted by atomic mass is 35.5. The number of nitrogens with zero attached hydrogens (tertiary/aromatic N) is 2. The molecule has 1 aliphatic carbocycles. The lowest BCUT2D eigenvalue weighted by molar-refractivity contribution is 0.0689. The minimum absolute atomic E-state index is 0.000632. The molecular weight excluding hydrogens is 569 g/mol. The third kappa shape index (κ3) is 6.41. The lowest BCUT2D eigenvalue weighted by Crippen LogP contribution is -2.41. The van der Waals surface area contributed by atoms with Gasteiger partial charge in [0.15, 0.2) is 5.69 Å². The maximum absolute atomic E-state index is 13.9. The van der Waals surface area contributed by atoms with Crippen molar-refractivity contribution in [1.29, 1.82) is 0 Å². The number of hydrogen-bond donors (Lipinski definition) is 2. The summed E-state index contributed by atoms with van der Waals surface area (Å²) in [6.07, 6.45) is 4.60. The van der Waals surface area contributed by atoms with Crippen molar-refractivity contribution in [3.8, 4) is 11.1 Å². The summed E-state index contributed by atoms with van der Waals surface area (Å²) in [5.41, 5.74) is 3.36. The highest BCUT2D eigenvalue weighted by Crippen LogP contribution is 2.32. The van der Waals surface area contributed by atoms with Crippen LogP contribution in [0.2, 0.25) is 10.0 Å². The van der Waals surface area contributed by atoms with Gasteiger partial charge in [-0.25, -0.2) is 18.2 Å². The Morgan fingerprint density at radius 3 is 2.17 bits per heavy atom. The summed E-state index contributed by atoms with van der Waals surface area (Å²) in [6, 6.07) is 21.9. The molecule has 0 atom stereocenters. The molecule has 2 N–H and O–H groups in total. The van der Waals surface area contributed by atoms with Crippen molar-refractivity contribution in [3.05, 3.63) is 106 Å². The predicted octanol–water partition coefficient (Wildman–Crippen LogP) is 7.20. The standard InChI is InChI=1S/C30H29Cl2N3O4S/c31-23-16-24(32)18-26(17-23)40(38,39)35(25-9-5-2-6-10-25)19-28-33-27(29(34-28)30(36)37)15-20-11-13-22(14-12-20)21-7-3-1-4-8-21/h1,3-4,7-8,11-14,16-18,25H,2,5-6,9-10,15,19H2,(H,33,34)(H,36,37). The zero-order chi connectivity index (χ0) is 28.3. The summed E-state index contributed by atoms with van der Waals surface area (Å²) in [7, 11) is -4.00. The number of carbonyl (C=O) groups is 1. The molecule has 7 nitrogen and oxygen atoms in total. The third-order valence-corrected chi connectivity index (χ3v) is 9.52. The van der Waals surface area contributed by atoms with Crippen LogP contribution in [0.4, 0.5) is 0 Å². The first-order valence-electron chi connectivity index (χ1n) is 13.1. The number of hydrogen-bond acceptors (Lipinski definition) is 4. The van der Waals surface area contributed by atoms with E-state index >= 15 is 0 Å². The molecule has 1 fully saturated rings. The van der Waals surface area contributed by atoms with Gasteiger partial charge in [0, 0.05) is 22.5 Å². The first kappa shape index (κ1) is 28.4. The number of benzene rings is 3. The fourth-order valence-electron chi connectivity index (χ4n) is 5.23. The van der Waals surface area contributed by atoms with Crippen LogP contribution in [0, 0.1) is 0 Å². The topological polar surface area (TPSA) is 103 Å². The molecule has 5 rings (SSSR count). The molecule has 1 aliphatic rings. The first-order chi connectivity index (χ1) is 19.2. The van der Waals surface area contributed by atoms with E-state index in [1.165, 1.54) is 22.5 Å². The lowest BCUT2D eigenvalue weighted by atomic mass is 9.95. The number of aromatic carboxylic acids is 1. The van der Waals surface area contributed by atoms with Gasteiger partial charge in [-0.05, 0) is 47.7 Å². The van der Waals surface area contributed by atoms with Crippen molar-refractivity contribution in [2.45, 2.75) is 56.0 Å². The quantitative estimate of drug-likeness (QED) is 0.212. The predicted molar refractivity (Wildman–Crippen MR) is 156 cm³/mol. The molecular formula is C30H29Cl2N3O4S. The average Bonchev–Trinajstić information content (AvgIpc) is 3.35. The molecule has 0 unspecified atom stereocenters. The molecule has 0 bridgehead atoms. The normalized spacial score (nSPS) is 14.5. The summed E-state index contributed by atoms with van der Waals surface area (Å²) < 4.78 is 29.1. The molecule has 40 heavy (non-hydrogen) atoms. The van der Waals surface area contributed by atoms with E-state index in [4.69, 9.17) is 23.2 Å². The van der Waals surface area contributed by atoms with Gasteiger partial charge >= 0.3 is 5.97 Å². The van der Waals surface area contributed by atoms with E-state index in [1.807, 2.05) is 54.6 Å². The van der Waals surface area contributed by atoms with E-state index in [0.717, 1.165) is 36.0 Å². The second-order valence-corrected chi connectivity index (χ2v) is 12.8. The second-order valence-electron chi connectivity index (χ2n) is 10.0. The fourth-order valence-corrected chi connectivity index (χ4v) is 7.61. The molecule has 10 heteroatoms. The Kier molecular flexibility index (Phi) is 8.61. The Labute approximate surface area is 243 Å². The average molecular weight is 599 g/mol. The van der Waals surface area contributed by atoms with Gasteiger partial charge in [-0.1, -0.05) is 97.1 Å². The van der Waals surface area contributed by atoms with Crippen LogP contribution in [0.3, 0.4) is 0 Å². The number of aromatic nitrogens is 2. The smallest absolute Gasteiger partial charge is 0.356 e. The summed E-state index contributed by atoms with van der Waals surface area (Å²) in [5.74, 6) is -0.900. The zero-order valence-electron chi connectivity index (χ0n) is 21.7. The molecule has 0 radical (unpaired) electrons. The van der Waals surface area contributed by atoms with Crippen molar-refractivity contribution in [3.63, 3.8) is 0 Å². The molecule has 1 heterocycles. The molecule has 0 aliphatic heterocycles. The molecule has 1 aromatic heterocycles. The monoisotopic (exact) mass is 597 g/mol. The number of aromatic amines is 1. The van der Waals surface area contributed by atoms with Crippen LogP contribution in [0.1, 0.15) is 59.7 Å². The molecule has 1 saturated carbocycles. The van der Waals surface area contributed by atoms with Crippen LogP contribution in [0.15, 0.2) is 77.7 Å². The maximum Gasteiger partial charge on any atom is 0.356 e. The van der Waals surface area contributed by atoms with Gasteiger partial charge in [-0.2, -0.15) is 4.31 Å². The van der Waals surface area contributed by atoms with Crippen LogP contribution in [-0.4, -0.2) is 39.8 Å². The number of nitrogens with one attached hydrogen (secondary N) is 1. The molecule has 0 amide bonds. The molecule has 4 aromatic rings. The van der Waals surface area contributed by atoms with Crippen molar-refractivity contribution < 1.29 is 18.3 Å². The Balaban J connectivity index is 1.44. The van der Waals surface area contributed by atoms with E-state index in [2.05, 4.69) is 9.97 Å². The summed E-state index contributed by atoms with van der Waals surface area (Å²) >= 11 is 12.3. The zero-order valence-corrected chi connectivity index (χ0v) is 24.0. The van der Waals surface area contributed by atoms with Crippen LogP contribution in [0.25, 0.3) is 11.1 Å². The number of carboxylic acid groups (broad SMARTS) is 1. The number of rotatable bonds is 9. The molecule has 0 spiro atoms. The molecule has 3 aromatic carbocycles. The van der Waals surface area contributed by atoms with E-state index < -0.39 is 16.0 Å². The highest BCUT2D eigenvalue weighted by molar-refractivity contribution is 7.89. The molecule has 0 saturated heterocycles. The molecule has 208 valence electrons. The number of halogens is 2. The van der Waals surface area contributed by atoms with Gasteiger partial charge in [0.2, 0.25) is 10.0 Å². The van der Waals surface area contributed by atoms with Crippen LogP contribution in [-0.2, 0) is 23.0 Å². The van der Waals surface area contributed by atoms with Gasteiger partial charge in [0.25, 0.3) is 0 Å². The van der Waals surface area contributed by atoms with E-state index in [1.54, 1.807) is 0 Å². The van der Waals surface area contributed by atoms with Gasteiger partial charge in [0.05, 0.1) is 17.1 Å². The van der Waals surface area contributed by atoms with E-state index in [0.29, 0.717) is 25.0 Å². The van der Waals surface area contributed by atoms with Gasteiger partial charge in [-0.15, -0.1) is 0 Å². The number of H-pyrrole nitrogens is 1. The SMILES string of the molecule is O=C(O)c1nc(CN(C2CCCCC2)S(=O)(=O)c2cc(Cl)cc(Cl)c2)[nH]c1Cc1ccc(-c2ccccc2)cc1. The van der Waals surface area contributed by atoms with Gasteiger partial charge in [-0.3, -0.25) is 0 Å². The summed E-state index contributed by atoms with van der Waals surface area (Å²) in [5, 5.41) is 10.3. The number of sulfonamides is 1. The Morgan fingerprint density at radius 1 is 0.925 bits per heavy atom. The lowest BCUT2D eigenvalue weighted by Gasteiger charge is -2.33. The highest BCUT2D eigenvalue weighted by Gasteiger charge is 2.34. The number of carboxylic acids is 1. The number of imidazole rings is 1. The van der Waals surface area contributed by atoms with E-state index in [-0.39, 0.29) is 39.0 Å². The van der Waals surface area contributed by atoms with Crippen LogP contribution < -0.4 is 0 Å². The van der Waals surface area contributed by atoms with Gasteiger partial charge in [0.1, 0.15) is 5.82 Å².